The molecule has 0 nitrogen and oxygen atoms in total. The molecule has 0 saturated heterocycles. The van der Waals surface area contributed by atoms with E-state index in [4.69, 9.17) is 0 Å². The highest BCUT2D eigenvalue weighted by Crippen LogP contribution is 2.24. The molecule has 104 valence electrons. The van der Waals surface area contributed by atoms with Crippen molar-refractivity contribution in [2.75, 3.05) is 0 Å². The third kappa shape index (κ3) is 4.34. The highest BCUT2D eigenvalue weighted by molar-refractivity contribution is 6.55. The second-order valence-electron chi connectivity index (χ2n) is 5.42. The lowest BCUT2D eigenvalue weighted by atomic mass is 10.0. The Morgan fingerprint density at radius 1 is 0.900 bits per heavy atom. The molecule has 0 aliphatic rings. The van der Waals surface area contributed by atoms with Gasteiger partial charge in [0.15, 0.2) is 0 Å². The average molecular weight is 280 g/mol. The van der Waals surface area contributed by atoms with Crippen molar-refractivity contribution in [2.45, 2.75) is 45.1 Å². The Morgan fingerprint density at radius 3 is 2.30 bits per heavy atom. The van der Waals surface area contributed by atoms with Gasteiger partial charge in [0.05, 0.1) is 9.52 Å². The fourth-order valence-electron chi connectivity index (χ4n) is 2.62. The minimum Gasteiger partial charge on any atom is -0.0654 e. The molecule has 0 bridgehead atoms. The van der Waals surface area contributed by atoms with E-state index >= 15 is 0 Å². The molecule has 2 aromatic carbocycles. The van der Waals surface area contributed by atoms with Crippen LogP contribution in [0.4, 0.5) is 0 Å². The summed E-state index contributed by atoms with van der Waals surface area (Å²) in [7, 11) is 0.881. The second-order valence-corrected chi connectivity index (χ2v) is 6.98. The van der Waals surface area contributed by atoms with Crippen LogP contribution in [0.25, 0.3) is 0 Å². The monoisotopic (exact) mass is 280 g/mol. The average Bonchev–Trinajstić information content (AvgIpc) is 2.48. The zero-order chi connectivity index (χ0) is 14.2. The first-order valence-electron chi connectivity index (χ1n) is 7.68. The van der Waals surface area contributed by atoms with Gasteiger partial charge in [-0.05, 0) is 30.0 Å². The van der Waals surface area contributed by atoms with E-state index in [2.05, 4.69) is 68.4 Å². The van der Waals surface area contributed by atoms with E-state index in [0.29, 0.717) is 5.54 Å². The van der Waals surface area contributed by atoms with E-state index < -0.39 is 0 Å². The molecule has 0 spiro atoms. The number of hydrogen-bond donors (Lipinski definition) is 0. The molecule has 1 heteroatoms. The third-order valence-corrected chi connectivity index (χ3v) is 5.39. The fourth-order valence-corrected chi connectivity index (χ4v) is 4.23. The van der Waals surface area contributed by atoms with Gasteiger partial charge in [-0.15, -0.1) is 0 Å². The van der Waals surface area contributed by atoms with Gasteiger partial charge in [-0.25, -0.2) is 0 Å². The van der Waals surface area contributed by atoms with Crippen LogP contribution in [0.1, 0.15) is 49.3 Å². The predicted molar refractivity (Wildman–Crippen MR) is 89.9 cm³/mol. The quantitative estimate of drug-likeness (QED) is 0.512. The first-order valence-corrected chi connectivity index (χ1v) is 8.76. The minimum atomic E-state index is 0.685. The minimum absolute atomic E-state index is 0.685. The molecule has 0 aromatic heterocycles. The Balaban J connectivity index is 2.14. The lowest BCUT2D eigenvalue weighted by Crippen LogP contribution is -2.22. The van der Waals surface area contributed by atoms with Gasteiger partial charge >= 0.3 is 0 Å². The Labute approximate surface area is 126 Å². The van der Waals surface area contributed by atoms with Crippen LogP contribution >= 0.6 is 0 Å². The molecule has 0 aliphatic carbocycles. The van der Waals surface area contributed by atoms with E-state index in [1.165, 1.54) is 36.4 Å². The van der Waals surface area contributed by atoms with Gasteiger partial charge in [0, 0.05) is 0 Å². The maximum atomic E-state index is 2.32. The van der Waals surface area contributed by atoms with Gasteiger partial charge in [0.2, 0.25) is 0 Å². The lowest BCUT2D eigenvalue weighted by molar-refractivity contribution is 0.651. The summed E-state index contributed by atoms with van der Waals surface area (Å²) in [6.45, 7) is 4.53. The van der Waals surface area contributed by atoms with Gasteiger partial charge in [0.1, 0.15) is 0 Å². The molecule has 0 N–H and O–H groups in total. The van der Waals surface area contributed by atoms with Gasteiger partial charge in [-0.2, -0.15) is 0 Å². The van der Waals surface area contributed by atoms with Crippen molar-refractivity contribution in [3.63, 3.8) is 0 Å². The van der Waals surface area contributed by atoms with Gasteiger partial charge < -0.3 is 0 Å². The second kappa shape index (κ2) is 8.06. The molecule has 0 saturated carbocycles. The zero-order valence-corrected chi connectivity index (χ0v) is 13.6. The van der Waals surface area contributed by atoms with Crippen LogP contribution in [0, 0.1) is 6.92 Å². The number of rotatable bonds is 7. The van der Waals surface area contributed by atoms with Gasteiger partial charge in [-0.1, -0.05) is 86.0 Å². The molecule has 0 amide bonds. The van der Waals surface area contributed by atoms with Crippen LogP contribution < -0.4 is 5.19 Å². The normalized spacial score (nSPS) is 12.3. The molecule has 2 radical (unpaired) electrons. The Kier molecular flexibility index (Phi) is 6.07. The van der Waals surface area contributed by atoms with Crippen LogP contribution in [-0.4, -0.2) is 9.52 Å². The van der Waals surface area contributed by atoms with Crippen molar-refractivity contribution < 1.29 is 0 Å². The molecule has 0 aliphatic heterocycles. The summed E-state index contributed by atoms with van der Waals surface area (Å²) in [4.78, 5) is 0. The Bertz CT molecular complexity index is 504. The highest BCUT2D eigenvalue weighted by Gasteiger charge is 2.15. The van der Waals surface area contributed by atoms with E-state index in [9.17, 15) is 0 Å². The maximum Gasteiger partial charge on any atom is 0.0890 e. The molecular formula is C19H24Si. The van der Waals surface area contributed by atoms with Crippen molar-refractivity contribution in [3.05, 3.63) is 65.7 Å². The lowest BCUT2D eigenvalue weighted by Gasteiger charge is -2.19. The fraction of sp³-hybridized carbons (Fsp3) is 0.368. The first-order chi connectivity index (χ1) is 9.81. The van der Waals surface area contributed by atoms with Crippen LogP contribution in [-0.2, 0) is 0 Å². The summed E-state index contributed by atoms with van der Waals surface area (Å²) in [5.74, 6) is 0. The smallest absolute Gasteiger partial charge is 0.0654 e. The summed E-state index contributed by atoms with van der Waals surface area (Å²) in [6, 6.07) is 19.9. The topological polar surface area (TPSA) is 0 Å². The number of benzene rings is 2. The van der Waals surface area contributed by atoms with Crippen LogP contribution in [0.3, 0.4) is 0 Å². The number of aryl methyl sites for hydroxylation is 1. The molecule has 2 aromatic rings. The van der Waals surface area contributed by atoms with Crippen molar-refractivity contribution in [3.8, 4) is 0 Å². The molecule has 0 fully saturated rings. The molecule has 0 heterocycles. The summed E-state index contributed by atoms with van der Waals surface area (Å²) < 4.78 is 0. The maximum absolute atomic E-state index is 2.32. The van der Waals surface area contributed by atoms with E-state index in [1.54, 1.807) is 5.56 Å². The molecule has 2 rings (SSSR count). The van der Waals surface area contributed by atoms with E-state index in [0.717, 1.165) is 9.52 Å². The van der Waals surface area contributed by atoms with Gasteiger partial charge in [-0.3, -0.25) is 0 Å². The van der Waals surface area contributed by atoms with Crippen molar-refractivity contribution in [1.29, 1.82) is 0 Å². The largest absolute Gasteiger partial charge is 0.0890 e. The number of hydrogen-bond acceptors (Lipinski definition) is 0. The first kappa shape index (κ1) is 15.1. The molecule has 1 unspecified atom stereocenters. The van der Waals surface area contributed by atoms with Crippen LogP contribution in [0.2, 0.25) is 0 Å². The third-order valence-electron chi connectivity index (χ3n) is 3.77. The summed E-state index contributed by atoms with van der Waals surface area (Å²) >= 11 is 0. The summed E-state index contributed by atoms with van der Waals surface area (Å²) in [6.07, 6.45) is 5.30. The van der Waals surface area contributed by atoms with Crippen LogP contribution in [0.15, 0.2) is 54.6 Å². The highest BCUT2D eigenvalue weighted by atomic mass is 28.2. The van der Waals surface area contributed by atoms with Crippen molar-refractivity contribution >= 4 is 14.7 Å². The van der Waals surface area contributed by atoms with Gasteiger partial charge in [0.25, 0.3) is 0 Å². The SMILES string of the molecule is CCCCCC([Si]c1ccccc1)c1ccccc1C. The van der Waals surface area contributed by atoms with Crippen LogP contribution in [0.5, 0.6) is 0 Å². The van der Waals surface area contributed by atoms with Crippen molar-refractivity contribution in [2.24, 2.45) is 0 Å². The predicted octanol–water partition coefficient (Wildman–Crippen LogP) is 4.65. The summed E-state index contributed by atoms with van der Waals surface area (Å²) in [5, 5.41) is 1.48. The van der Waals surface area contributed by atoms with E-state index in [1.807, 2.05) is 0 Å². The number of unbranched alkanes of at least 4 members (excludes halogenated alkanes) is 2. The molecule has 1 atom stereocenters. The summed E-state index contributed by atoms with van der Waals surface area (Å²) in [5.41, 5.74) is 3.67. The zero-order valence-electron chi connectivity index (χ0n) is 12.6. The Morgan fingerprint density at radius 2 is 1.60 bits per heavy atom. The van der Waals surface area contributed by atoms with Crippen molar-refractivity contribution in [1.82, 2.24) is 0 Å². The standard InChI is InChI=1S/C19H24Si/c1-3-4-6-15-19(18-14-10-9-11-16(18)2)20-17-12-7-5-8-13-17/h5,7-14,19H,3-4,6,15H2,1-2H3. The molecule has 20 heavy (non-hydrogen) atoms. The molecular weight excluding hydrogens is 256 g/mol. The van der Waals surface area contributed by atoms with E-state index in [-0.39, 0.29) is 0 Å². The Hall–Kier alpha value is -1.34.